The molecule has 2 fully saturated rings. The van der Waals surface area contributed by atoms with Gasteiger partial charge in [-0.1, -0.05) is 67.4 Å². The van der Waals surface area contributed by atoms with Crippen molar-refractivity contribution in [3.8, 4) is 0 Å². The van der Waals surface area contributed by atoms with Gasteiger partial charge in [-0.3, -0.25) is 4.90 Å². The largest absolute Gasteiger partial charge is 0.464 e. The Hall–Kier alpha value is -2.51. The molecule has 4 heterocycles. The Morgan fingerprint density at radius 2 is 1.60 bits per heavy atom. The highest BCUT2D eigenvalue weighted by Crippen LogP contribution is 2.42. The minimum atomic E-state index is -0.922. The molecule has 8 heteroatoms. The summed E-state index contributed by atoms with van der Waals surface area (Å²) in [6, 6.07) is 22.1. The molecule has 228 valence electrons. The number of nitrogens with zero attached hydrogens (tertiary/aromatic N) is 1. The topological polar surface area (TPSA) is 61.8 Å². The van der Waals surface area contributed by atoms with Gasteiger partial charge in [0.15, 0.2) is 0 Å². The first-order valence-corrected chi connectivity index (χ1v) is 15.6. The van der Waals surface area contributed by atoms with Crippen LogP contribution >= 0.6 is 35.6 Å². The van der Waals surface area contributed by atoms with Crippen LogP contribution in [0.5, 0.6) is 0 Å². The maximum atomic E-state index is 11.5. The van der Waals surface area contributed by atoms with Crippen LogP contribution in [-0.4, -0.2) is 36.2 Å². The standard InChI is InChI=1S/C21H22ClNO2.C14H16ClNO.ClH/c1-15-13-23(14-16-5-3-2-4-6-16)9-8-21(15,24)19-12-18(22)11-17-7-10-25-20(17)19;1-9-8-16-4-2-12(9)13-7-11(15)6-10-3-5-17-14(10)13;/h2-7,10-12,15,24H,8-9,13-14H2,1H3;3,5-7,9,12,16H,2,4,8H2,1H3;1H. The lowest BCUT2D eigenvalue weighted by Gasteiger charge is -2.43. The van der Waals surface area contributed by atoms with Crippen LogP contribution in [0.25, 0.3) is 21.9 Å². The van der Waals surface area contributed by atoms with Gasteiger partial charge < -0.3 is 19.3 Å². The number of piperidine rings is 2. The molecule has 7 rings (SSSR count). The van der Waals surface area contributed by atoms with Crippen molar-refractivity contribution in [2.24, 2.45) is 11.8 Å². The molecule has 0 amide bonds. The Balaban J connectivity index is 0.000000179. The number of likely N-dealkylation sites (tertiary alicyclic amines) is 1. The van der Waals surface area contributed by atoms with E-state index in [0.717, 1.165) is 71.7 Å². The maximum Gasteiger partial charge on any atom is 0.140 e. The molecule has 0 aliphatic carbocycles. The summed E-state index contributed by atoms with van der Waals surface area (Å²) in [7, 11) is 0. The van der Waals surface area contributed by atoms with E-state index in [-0.39, 0.29) is 18.3 Å². The fraction of sp³-hybridized carbons (Fsp3) is 0.371. The molecule has 0 bridgehead atoms. The van der Waals surface area contributed by atoms with Crippen molar-refractivity contribution in [1.29, 1.82) is 0 Å². The predicted molar refractivity (Wildman–Crippen MR) is 178 cm³/mol. The van der Waals surface area contributed by atoms with Crippen LogP contribution in [0.15, 0.2) is 88.1 Å². The second-order valence-corrected chi connectivity index (χ2v) is 12.9. The molecule has 43 heavy (non-hydrogen) atoms. The molecule has 5 aromatic rings. The van der Waals surface area contributed by atoms with Crippen molar-refractivity contribution in [3.63, 3.8) is 0 Å². The molecule has 0 radical (unpaired) electrons. The molecular formula is C35H39Cl3N2O3. The summed E-state index contributed by atoms with van der Waals surface area (Å²) in [5, 5.41) is 18.4. The highest BCUT2D eigenvalue weighted by Gasteiger charge is 2.42. The predicted octanol–water partition coefficient (Wildman–Crippen LogP) is 9.04. The monoisotopic (exact) mass is 640 g/mol. The number of furan rings is 2. The number of hydrogen-bond donors (Lipinski definition) is 2. The van der Waals surface area contributed by atoms with E-state index in [1.165, 1.54) is 11.1 Å². The van der Waals surface area contributed by atoms with E-state index in [0.29, 0.717) is 23.3 Å². The molecule has 4 atom stereocenters. The van der Waals surface area contributed by atoms with Crippen molar-refractivity contribution in [3.05, 3.63) is 106 Å². The summed E-state index contributed by atoms with van der Waals surface area (Å²) in [6.45, 7) is 9.11. The first-order valence-electron chi connectivity index (χ1n) is 14.8. The Morgan fingerprint density at radius 3 is 2.30 bits per heavy atom. The molecule has 4 unspecified atom stereocenters. The van der Waals surface area contributed by atoms with Crippen molar-refractivity contribution < 1.29 is 13.9 Å². The highest BCUT2D eigenvalue weighted by atomic mass is 35.5. The average molecular weight is 642 g/mol. The van der Waals surface area contributed by atoms with Gasteiger partial charge in [0.1, 0.15) is 11.2 Å². The summed E-state index contributed by atoms with van der Waals surface area (Å²) in [5.74, 6) is 1.25. The van der Waals surface area contributed by atoms with Crippen molar-refractivity contribution >= 4 is 57.5 Å². The van der Waals surface area contributed by atoms with Crippen LogP contribution in [0.4, 0.5) is 0 Å². The molecule has 3 aromatic carbocycles. The summed E-state index contributed by atoms with van der Waals surface area (Å²) >= 11 is 12.5. The van der Waals surface area contributed by atoms with Crippen LogP contribution in [0, 0.1) is 11.8 Å². The second-order valence-electron chi connectivity index (χ2n) is 12.0. The quantitative estimate of drug-likeness (QED) is 0.205. The zero-order valence-corrected chi connectivity index (χ0v) is 26.9. The summed E-state index contributed by atoms with van der Waals surface area (Å²) in [6.07, 6.45) is 5.22. The molecule has 0 spiro atoms. The molecule has 2 saturated heterocycles. The molecule has 0 saturated carbocycles. The molecule has 2 N–H and O–H groups in total. The minimum absolute atomic E-state index is 0. The van der Waals surface area contributed by atoms with Gasteiger partial charge in [0, 0.05) is 57.5 Å². The van der Waals surface area contributed by atoms with Gasteiger partial charge in [0.05, 0.1) is 18.1 Å². The second kappa shape index (κ2) is 13.6. The van der Waals surface area contributed by atoms with Crippen LogP contribution in [0.2, 0.25) is 10.0 Å². The number of nitrogens with one attached hydrogen (secondary N) is 1. The fourth-order valence-electron chi connectivity index (χ4n) is 6.78. The number of halogens is 3. The van der Waals surface area contributed by atoms with Gasteiger partial charge in [-0.05, 0) is 79.7 Å². The summed E-state index contributed by atoms with van der Waals surface area (Å²) in [4.78, 5) is 2.40. The van der Waals surface area contributed by atoms with E-state index < -0.39 is 5.60 Å². The van der Waals surface area contributed by atoms with Gasteiger partial charge in [-0.15, -0.1) is 12.4 Å². The van der Waals surface area contributed by atoms with Crippen LogP contribution in [0.3, 0.4) is 0 Å². The number of rotatable bonds is 4. The lowest BCUT2D eigenvalue weighted by Crippen LogP contribution is -2.48. The summed E-state index contributed by atoms with van der Waals surface area (Å²) < 4.78 is 11.3. The zero-order valence-electron chi connectivity index (χ0n) is 24.6. The van der Waals surface area contributed by atoms with E-state index in [1.807, 2.05) is 36.4 Å². The molecule has 2 aliphatic heterocycles. The normalized spacial score (nSPS) is 24.3. The Morgan fingerprint density at radius 1 is 0.930 bits per heavy atom. The van der Waals surface area contributed by atoms with Crippen LogP contribution in [-0.2, 0) is 12.1 Å². The smallest absolute Gasteiger partial charge is 0.140 e. The molecule has 2 aliphatic rings. The van der Waals surface area contributed by atoms with Crippen molar-refractivity contribution in [2.45, 2.75) is 44.8 Å². The van der Waals surface area contributed by atoms with Gasteiger partial charge in [-0.25, -0.2) is 0 Å². The van der Waals surface area contributed by atoms with E-state index in [1.54, 1.807) is 12.5 Å². The Bertz CT molecular complexity index is 1650. The van der Waals surface area contributed by atoms with E-state index in [2.05, 4.69) is 54.4 Å². The lowest BCUT2D eigenvalue weighted by atomic mass is 9.76. The Kier molecular flexibility index (Phi) is 10.1. The van der Waals surface area contributed by atoms with Crippen molar-refractivity contribution in [2.75, 3.05) is 26.2 Å². The fourth-order valence-corrected chi connectivity index (χ4v) is 7.24. The van der Waals surface area contributed by atoms with Gasteiger partial charge in [0.2, 0.25) is 0 Å². The van der Waals surface area contributed by atoms with Gasteiger partial charge in [-0.2, -0.15) is 0 Å². The minimum Gasteiger partial charge on any atom is -0.464 e. The number of fused-ring (bicyclic) bond motifs is 2. The average Bonchev–Trinajstić information content (AvgIpc) is 3.65. The lowest BCUT2D eigenvalue weighted by molar-refractivity contribution is -0.0722. The van der Waals surface area contributed by atoms with Gasteiger partial charge >= 0.3 is 0 Å². The van der Waals surface area contributed by atoms with Crippen LogP contribution < -0.4 is 5.32 Å². The third-order valence-corrected chi connectivity index (χ3v) is 9.55. The van der Waals surface area contributed by atoms with E-state index >= 15 is 0 Å². The molecular weight excluding hydrogens is 603 g/mol. The first kappa shape index (κ1) is 31.9. The maximum absolute atomic E-state index is 11.5. The van der Waals surface area contributed by atoms with E-state index in [9.17, 15) is 5.11 Å². The number of benzene rings is 3. The third-order valence-electron chi connectivity index (χ3n) is 9.12. The van der Waals surface area contributed by atoms with Gasteiger partial charge in [0.25, 0.3) is 0 Å². The number of aliphatic hydroxyl groups is 1. The summed E-state index contributed by atoms with van der Waals surface area (Å²) in [5.41, 5.74) is 4.21. The molecule has 2 aromatic heterocycles. The first-order chi connectivity index (χ1) is 20.3. The third kappa shape index (κ3) is 6.78. The van der Waals surface area contributed by atoms with E-state index in [4.69, 9.17) is 32.0 Å². The molecule has 5 nitrogen and oxygen atoms in total. The zero-order chi connectivity index (χ0) is 29.3. The van der Waals surface area contributed by atoms with Crippen LogP contribution in [0.1, 0.15) is 49.3 Å². The highest BCUT2D eigenvalue weighted by molar-refractivity contribution is 6.31. The SMILES string of the molecule is CC1CN(Cc2ccccc2)CCC1(O)c1cc(Cl)cc2ccoc12.CC1CNCCC1c1cc(Cl)cc2ccoc12.Cl. The van der Waals surface area contributed by atoms with Crippen molar-refractivity contribution in [1.82, 2.24) is 10.2 Å². The Labute approximate surface area is 269 Å². The number of hydrogen-bond acceptors (Lipinski definition) is 5.